The molecule has 1 aliphatic heterocycles. The number of aromatic nitrogens is 2. The van der Waals surface area contributed by atoms with Gasteiger partial charge in [-0.15, -0.1) is 0 Å². The molecule has 1 amide bonds. The second-order valence-electron chi connectivity index (χ2n) is 7.35. The van der Waals surface area contributed by atoms with E-state index in [-0.39, 0.29) is 5.91 Å². The van der Waals surface area contributed by atoms with Gasteiger partial charge < -0.3 is 10.6 Å². The average Bonchev–Trinajstić information content (AvgIpc) is 2.70. The van der Waals surface area contributed by atoms with E-state index in [4.69, 9.17) is 0 Å². The minimum Gasteiger partial charge on any atom is -0.367 e. The zero-order valence-electron chi connectivity index (χ0n) is 16.1. The molecule has 0 atom stereocenters. The molecule has 1 saturated heterocycles. The van der Waals surface area contributed by atoms with Gasteiger partial charge in [-0.3, -0.25) is 9.69 Å². The van der Waals surface area contributed by atoms with Crippen molar-refractivity contribution < 1.29 is 4.79 Å². The van der Waals surface area contributed by atoms with E-state index in [1.807, 2.05) is 30.3 Å². The fraction of sp³-hybridized carbons (Fsp3) is 0.318. The summed E-state index contributed by atoms with van der Waals surface area (Å²) in [6.07, 6.45) is 3.58. The zero-order chi connectivity index (χ0) is 19.3. The molecule has 0 spiro atoms. The molecule has 0 saturated carbocycles. The Kier molecular flexibility index (Phi) is 5.48. The molecule has 6 heteroatoms. The average molecular weight is 375 g/mol. The largest absolute Gasteiger partial charge is 0.367 e. The first kappa shape index (κ1) is 18.4. The summed E-state index contributed by atoms with van der Waals surface area (Å²) < 4.78 is 0. The molecule has 2 aromatic carbocycles. The number of amides is 1. The topological polar surface area (TPSA) is 70.2 Å². The number of anilines is 2. The maximum absolute atomic E-state index is 12.2. The highest BCUT2D eigenvalue weighted by Crippen LogP contribution is 2.23. The van der Waals surface area contributed by atoms with Crippen LogP contribution in [0, 0.1) is 6.92 Å². The molecule has 28 heavy (non-hydrogen) atoms. The molecule has 6 nitrogen and oxygen atoms in total. The van der Waals surface area contributed by atoms with Gasteiger partial charge in [0.2, 0.25) is 5.91 Å². The number of piperidine rings is 1. The van der Waals surface area contributed by atoms with Gasteiger partial charge in [-0.1, -0.05) is 24.3 Å². The van der Waals surface area contributed by atoms with Gasteiger partial charge in [0.15, 0.2) is 0 Å². The van der Waals surface area contributed by atoms with Gasteiger partial charge in [0.25, 0.3) is 0 Å². The Morgan fingerprint density at radius 2 is 1.89 bits per heavy atom. The first-order valence-electron chi connectivity index (χ1n) is 9.72. The number of rotatable bonds is 5. The van der Waals surface area contributed by atoms with Crippen molar-refractivity contribution in [3.8, 4) is 0 Å². The monoisotopic (exact) mass is 375 g/mol. The Labute approximate surface area is 165 Å². The van der Waals surface area contributed by atoms with Gasteiger partial charge in [0.1, 0.15) is 12.1 Å². The highest BCUT2D eigenvalue weighted by molar-refractivity contribution is 5.92. The number of hydrogen-bond donors (Lipinski definition) is 2. The standard InChI is InChI=1S/C22H25N5O/c1-16-7-8-19-20(13-16)23-15-24-22(19)26-18-9-11-27(12-10-18)14-21(28)25-17-5-3-2-4-6-17/h2-8,13,15,18H,9-12,14H2,1H3,(H,25,28)(H,23,24,26). The number of likely N-dealkylation sites (tertiary alicyclic amines) is 1. The van der Waals surface area contributed by atoms with Gasteiger partial charge in [0, 0.05) is 30.2 Å². The van der Waals surface area contributed by atoms with Crippen LogP contribution in [0.2, 0.25) is 0 Å². The summed E-state index contributed by atoms with van der Waals surface area (Å²) in [5.74, 6) is 0.931. The quantitative estimate of drug-likeness (QED) is 0.715. The van der Waals surface area contributed by atoms with Crippen molar-refractivity contribution in [1.29, 1.82) is 0 Å². The maximum Gasteiger partial charge on any atom is 0.238 e. The van der Waals surface area contributed by atoms with E-state index in [9.17, 15) is 4.79 Å². The highest BCUT2D eigenvalue weighted by atomic mass is 16.2. The predicted octanol–water partition coefficient (Wildman–Crippen LogP) is 3.45. The normalized spacial score (nSPS) is 15.5. The van der Waals surface area contributed by atoms with Crippen LogP contribution >= 0.6 is 0 Å². The second-order valence-corrected chi connectivity index (χ2v) is 7.35. The Bertz CT molecular complexity index is 952. The van der Waals surface area contributed by atoms with Crippen LogP contribution in [0.4, 0.5) is 11.5 Å². The first-order valence-corrected chi connectivity index (χ1v) is 9.72. The van der Waals surface area contributed by atoms with Gasteiger partial charge in [-0.25, -0.2) is 9.97 Å². The van der Waals surface area contributed by atoms with Crippen LogP contribution in [-0.2, 0) is 4.79 Å². The number of hydrogen-bond acceptors (Lipinski definition) is 5. The van der Waals surface area contributed by atoms with Gasteiger partial charge in [-0.05, 0) is 49.6 Å². The Hall–Kier alpha value is -2.99. The van der Waals surface area contributed by atoms with Crippen molar-refractivity contribution >= 4 is 28.3 Å². The van der Waals surface area contributed by atoms with Gasteiger partial charge >= 0.3 is 0 Å². The van der Waals surface area contributed by atoms with Crippen molar-refractivity contribution in [1.82, 2.24) is 14.9 Å². The first-order chi connectivity index (χ1) is 13.7. The Morgan fingerprint density at radius 1 is 1.11 bits per heavy atom. The summed E-state index contributed by atoms with van der Waals surface area (Å²) >= 11 is 0. The molecule has 1 aromatic heterocycles. The number of nitrogens with one attached hydrogen (secondary N) is 2. The lowest BCUT2D eigenvalue weighted by Gasteiger charge is -2.32. The van der Waals surface area contributed by atoms with Crippen LogP contribution in [0.15, 0.2) is 54.9 Å². The second kappa shape index (κ2) is 8.35. The number of carbonyl (C=O) groups excluding carboxylic acids is 1. The van der Waals surface area contributed by atoms with Crippen LogP contribution in [-0.4, -0.2) is 46.5 Å². The number of carbonyl (C=O) groups is 1. The summed E-state index contributed by atoms with van der Waals surface area (Å²) in [7, 11) is 0. The lowest BCUT2D eigenvalue weighted by molar-refractivity contribution is -0.117. The summed E-state index contributed by atoms with van der Waals surface area (Å²) in [4.78, 5) is 23.3. The molecule has 4 rings (SSSR count). The van der Waals surface area contributed by atoms with E-state index in [0.717, 1.165) is 48.3 Å². The molecule has 2 N–H and O–H groups in total. The van der Waals surface area contributed by atoms with Crippen molar-refractivity contribution in [3.05, 3.63) is 60.4 Å². The molecule has 1 aliphatic rings. The zero-order valence-corrected chi connectivity index (χ0v) is 16.1. The van der Waals surface area contributed by atoms with Crippen LogP contribution in [0.1, 0.15) is 18.4 Å². The SMILES string of the molecule is Cc1ccc2c(NC3CCN(CC(=O)Nc4ccccc4)CC3)ncnc2c1. The summed E-state index contributed by atoms with van der Waals surface area (Å²) in [6.45, 7) is 4.28. The van der Waals surface area contributed by atoms with E-state index >= 15 is 0 Å². The van der Waals surface area contributed by atoms with Crippen LogP contribution in [0.25, 0.3) is 10.9 Å². The molecule has 0 unspecified atom stereocenters. The van der Waals surface area contributed by atoms with E-state index in [1.54, 1.807) is 6.33 Å². The molecular weight excluding hydrogens is 350 g/mol. The Balaban J connectivity index is 1.30. The third-order valence-corrected chi connectivity index (χ3v) is 5.15. The van der Waals surface area contributed by atoms with Crippen molar-refractivity contribution in [2.45, 2.75) is 25.8 Å². The minimum atomic E-state index is 0.0368. The minimum absolute atomic E-state index is 0.0368. The lowest BCUT2D eigenvalue weighted by atomic mass is 10.0. The molecule has 3 aromatic rings. The number of nitrogens with zero attached hydrogens (tertiary/aromatic N) is 3. The predicted molar refractivity (Wildman–Crippen MR) is 112 cm³/mol. The number of fused-ring (bicyclic) bond motifs is 1. The fourth-order valence-electron chi connectivity index (χ4n) is 3.64. The summed E-state index contributed by atoms with van der Waals surface area (Å²) in [6, 6.07) is 16.2. The lowest BCUT2D eigenvalue weighted by Crippen LogP contribution is -2.42. The molecule has 0 radical (unpaired) electrons. The molecule has 1 fully saturated rings. The van der Waals surface area contributed by atoms with Crippen molar-refractivity contribution in [2.75, 3.05) is 30.3 Å². The number of aryl methyl sites for hydroxylation is 1. The van der Waals surface area contributed by atoms with Crippen LogP contribution in [0.3, 0.4) is 0 Å². The number of para-hydroxylation sites is 1. The van der Waals surface area contributed by atoms with Gasteiger partial charge in [0.05, 0.1) is 12.1 Å². The van der Waals surface area contributed by atoms with E-state index < -0.39 is 0 Å². The molecule has 2 heterocycles. The molecular formula is C22H25N5O. The fourth-order valence-corrected chi connectivity index (χ4v) is 3.64. The maximum atomic E-state index is 12.2. The van der Waals surface area contributed by atoms with Crippen LogP contribution in [0.5, 0.6) is 0 Å². The van der Waals surface area contributed by atoms with Crippen molar-refractivity contribution in [3.63, 3.8) is 0 Å². The number of benzene rings is 2. The highest BCUT2D eigenvalue weighted by Gasteiger charge is 2.21. The Morgan fingerprint density at radius 3 is 2.68 bits per heavy atom. The van der Waals surface area contributed by atoms with E-state index in [0.29, 0.717) is 12.6 Å². The van der Waals surface area contributed by atoms with Gasteiger partial charge in [-0.2, -0.15) is 0 Å². The third kappa shape index (κ3) is 4.46. The molecule has 0 bridgehead atoms. The summed E-state index contributed by atoms with van der Waals surface area (Å²) in [5, 5.41) is 7.58. The summed E-state index contributed by atoms with van der Waals surface area (Å²) in [5.41, 5.74) is 3.00. The van der Waals surface area contributed by atoms with E-state index in [1.165, 1.54) is 5.56 Å². The van der Waals surface area contributed by atoms with Crippen molar-refractivity contribution in [2.24, 2.45) is 0 Å². The molecule has 0 aliphatic carbocycles. The van der Waals surface area contributed by atoms with E-state index in [2.05, 4.69) is 50.6 Å². The van der Waals surface area contributed by atoms with Crippen LogP contribution < -0.4 is 10.6 Å². The molecule has 144 valence electrons. The third-order valence-electron chi connectivity index (χ3n) is 5.15. The smallest absolute Gasteiger partial charge is 0.238 e.